The lowest BCUT2D eigenvalue weighted by Crippen LogP contribution is -2.29. The molecule has 1 fully saturated rings. The number of Topliss-reactive ketones (excluding diaryl/α,β-unsaturated/α-hetero) is 1. The number of benzene rings is 2. The second-order valence-corrected chi connectivity index (χ2v) is 8.99. The second kappa shape index (κ2) is 8.98. The predicted molar refractivity (Wildman–Crippen MR) is 128 cm³/mol. The summed E-state index contributed by atoms with van der Waals surface area (Å²) in [4.78, 5) is 28.4. The Labute approximate surface area is 199 Å². The van der Waals surface area contributed by atoms with Crippen molar-refractivity contribution in [3.8, 4) is 5.75 Å². The van der Waals surface area contributed by atoms with E-state index >= 15 is 0 Å². The van der Waals surface area contributed by atoms with Gasteiger partial charge in [0.05, 0.1) is 17.2 Å². The van der Waals surface area contributed by atoms with Crippen LogP contribution in [0.15, 0.2) is 59.5 Å². The Morgan fingerprint density at radius 1 is 1.12 bits per heavy atom. The highest BCUT2D eigenvalue weighted by atomic mass is 35.5. The van der Waals surface area contributed by atoms with Gasteiger partial charge in [0.1, 0.15) is 17.6 Å². The minimum absolute atomic E-state index is 0.0373. The molecule has 1 aromatic heterocycles. The minimum Gasteiger partial charge on any atom is -0.507 e. The van der Waals surface area contributed by atoms with E-state index in [9.17, 15) is 14.7 Å². The quantitative estimate of drug-likeness (QED) is 0.257. The van der Waals surface area contributed by atoms with Crippen molar-refractivity contribution in [2.75, 3.05) is 11.5 Å². The molecular formula is C24H19Cl2NO4S. The Morgan fingerprint density at radius 3 is 2.56 bits per heavy atom. The predicted octanol–water partition coefficient (Wildman–Crippen LogP) is 6.39. The van der Waals surface area contributed by atoms with Crippen LogP contribution in [0.1, 0.15) is 29.0 Å². The lowest BCUT2D eigenvalue weighted by Gasteiger charge is -2.24. The molecule has 3 aromatic rings. The summed E-state index contributed by atoms with van der Waals surface area (Å²) in [7, 11) is 0. The summed E-state index contributed by atoms with van der Waals surface area (Å²) in [6.07, 6.45) is 0. The first-order chi connectivity index (χ1) is 15.3. The summed E-state index contributed by atoms with van der Waals surface area (Å²) in [5.41, 5.74) is 1.50. The van der Waals surface area contributed by atoms with E-state index in [1.165, 1.54) is 16.2 Å². The van der Waals surface area contributed by atoms with Crippen LogP contribution < -0.4 is 9.64 Å². The van der Waals surface area contributed by atoms with Gasteiger partial charge in [-0.1, -0.05) is 35.3 Å². The van der Waals surface area contributed by atoms with Crippen LogP contribution in [0, 0.1) is 6.92 Å². The highest BCUT2D eigenvalue weighted by Crippen LogP contribution is 2.45. The van der Waals surface area contributed by atoms with Crippen LogP contribution in [0.5, 0.6) is 5.75 Å². The van der Waals surface area contributed by atoms with Crippen LogP contribution >= 0.6 is 34.5 Å². The van der Waals surface area contributed by atoms with E-state index in [4.69, 9.17) is 27.9 Å². The monoisotopic (exact) mass is 487 g/mol. The van der Waals surface area contributed by atoms with Gasteiger partial charge in [-0.3, -0.25) is 14.5 Å². The van der Waals surface area contributed by atoms with Gasteiger partial charge in [0.25, 0.3) is 11.7 Å². The normalized spacial score (nSPS) is 17.8. The first-order valence-electron chi connectivity index (χ1n) is 9.86. The number of aryl methyl sites for hydroxylation is 1. The molecule has 1 atom stereocenters. The summed E-state index contributed by atoms with van der Waals surface area (Å²) in [5.74, 6) is -1.41. The molecule has 1 aliphatic heterocycles. The number of ether oxygens (including phenoxy) is 1. The molecule has 1 N–H and O–H groups in total. The number of amides is 1. The SMILES string of the molecule is CCOc1ccc(Cl)c(/C(O)=C2/C(=O)C(=O)N(c3ccc(C)c(Cl)c3)C2c2cccs2)c1. The number of halogens is 2. The average Bonchev–Trinajstić information content (AvgIpc) is 3.38. The van der Waals surface area contributed by atoms with Gasteiger partial charge in [-0.05, 0) is 61.2 Å². The van der Waals surface area contributed by atoms with Crippen molar-refractivity contribution in [1.82, 2.24) is 0 Å². The molecule has 5 nitrogen and oxygen atoms in total. The molecule has 1 amide bonds. The molecule has 1 saturated heterocycles. The number of hydrogen-bond acceptors (Lipinski definition) is 5. The van der Waals surface area contributed by atoms with Crippen molar-refractivity contribution in [1.29, 1.82) is 0 Å². The maximum atomic E-state index is 13.2. The summed E-state index contributed by atoms with van der Waals surface area (Å²) >= 11 is 14.0. The summed E-state index contributed by atoms with van der Waals surface area (Å²) < 4.78 is 5.51. The number of aliphatic hydroxyl groups is 1. The lowest BCUT2D eigenvalue weighted by atomic mass is 9.99. The third-order valence-electron chi connectivity index (χ3n) is 5.19. The van der Waals surface area contributed by atoms with Crippen LogP contribution in [0.4, 0.5) is 5.69 Å². The third-order valence-corrected chi connectivity index (χ3v) is 6.86. The molecule has 2 aromatic carbocycles. The first kappa shape index (κ1) is 22.4. The van der Waals surface area contributed by atoms with Crippen molar-refractivity contribution in [2.45, 2.75) is 19.9 Å². The zero-order valence-electron chi connectivity index (χ0n) is 17.3. The Kier molecular flexibility index (Phi) is 6.29. The van der Waals surface area contributed by atoms with E-state index in [2.05, 4.69) is 0 Å². The Morgan fingerprint density at radius 2 is 1.91 bits per heavy atom. The number of ketones is 1. The van der Waals surface area contributed by atoms with Crippen LogP contribution in [0.3, 0.4) is 0 Å². The lowest BCUT2D eigenvalue weighted by molar-refractivity contribution is -0.132. The minimum atomic E-state index is -0.819. The van der Waals surface area contributed by atoms with Gasteiger partial charge in [-0.25, -0.2) is 0 Å². The Balaban J connectivity index is 1.93. The maximum Gasteiger partial charge on any atom is 0.300 e. The van der Waals surface area contributed by atoms with Gasteiger partial charge in [0.15, 0.2) is 0 Å². The molecule has 2 heterocycles. The molecule has 0 radical (unpaired) electrons. The van der Waals surface area contributed by atoms with E-state index in [-0.39, 0.29) is 21.9 Å². The topological polar surface area (TPSA) is 66.8 Å². The van der Waals surface area contributed by atoms with Gasteiger partial charge in [-0.15, -0.1) is 11.3 Å². The van der Waals surface area contributed by atoms with Crippen molar-refractivity contribution in [2.24, 2.45) is 0 Å². The number of thiophene rings is 1. The number of aliphatic hydroxyl groups excluding tert-OH is 1. The zero-order chi connectivity index (χ0) is 23.0. The summed E-state index contributed by atoms with van der Waals surface area (Å²) in [6.45, 7) is 4.11. The fraction of sp³-hybridized carbons (Fsp3) is 0.167. The highest BCUT2D eigenvalue weighted by molar-refractivity contribution is 7.10. The Bertz CT molecular complexity index is 1240. The van der Waals surface area contributed by atoms with Crippen molar-refractivity contribution >= 4 is 57.7 Å². The Hall–Kier alpha value is -2.80. The van der Waals surface area contributed by atoms with E-state index < -0.39 is 17.7 Å². The van der Waals surface area contributed by atoms with Crippen LogP contribution in [0.2, 0.25) is 10.0 Å². The average molecular weight is 488 g/mol. The molecule has 1 aliphatic rings. The number of anilines is 1. The van der Waals surface area contributed by atoms with Crippen LogP contribution in [-0.4, -0.2) is 23.4 Å². The van der Waals surface area contributed by atoms with Crippen LogP contribution in [-0.2, 0) is 9.59 Å². The summed E-state index contributed by atoms with van der Waals surface area (Å²) in [6, 6.07) is 12.8. The van der Waals surface area contributed by atoms with Crippen molar-refractivity contribution in [3.05, 3.63) is 85.5 Å². The number of nitrogens with zero attached hydrogens (tertiary/aromatic N) is 1. The molecule has 8 heteroatoms. The molecule has 0 saturated carbocycles. The molecule has 4 rings (SSSR count). The van der Waals surface area contributed by atoms with Gasteiger partial charge in [0, 0.05) is 21.2 Å². The van der Waals surface area contributed by atoms with E-state index in [0.29, 0.717) is 23.1 Å². The van der Waals surface area contributed by atoms with Gasteiger partial charge < -0.3 is 9.84 Å². The number of hydrogen-bond donors (Lipinski definition) is 1. The van der Waals surface area contributed by atoms with Gasteiger partial charge in [-0.2, -0.15) is 0 Å². The third kappa shape index (κ3) is 3.90. The summed E-state index contributed by atoms with van der Waals surface area (Å²) in [5, 5.41) is 13.8. The molecule has 0 bridgehead atoms. The van der Waals surface area contributed by atoms with Gasteiger partial charge >= 0.3 is 0 Å². The standard InChI is InChI=1S/C24H19Cl2NO4S/c1-3-31-15-8-9-17(25)16(12-15)22(28)20-21(19-5-4-10-32-19)27(24(30)23(20)29)14-7-6-13(2)18(26)11-14/h4-12,21,28H,3H2,1-2H3/b22-20-. The molecule has 32 heavy (non-hydrogen) atoms. The largest absolute Gasteiger partial charge is 0.507 e. The zero-order valence-corrected chi connectivity index (χ0v) is 19.6. The second-order valence-electron chi connectivity index (χ2n) is 7.19. The number of carbonyl (C=O) groups is 2. The number of rotatable bonds is 5. The molecule has 1 unspecified atom stereocenters. The molecular weight excluding hydrogens is 469 g/mol. The number of carbonyl (C=O) groups excluding carboxylic acids is 2. The van der Waals surface area contributed by atoms with E-state index in [0.717, 1.165) is 10.4 Å². The van der Waals surface area contributed by atoms with E-state index in [1.807, 2.05) is 31.4 Å². The van der Waals surface area contributed by atoms with E-state index in [1.54, 1.807) is 36.4 Å². The first-order valence-corrected chi connectivity index (χ1v) is 11.5. The van der Waals surface area contributed by atoms with Crippen molar-refractivity contribution < 1.29 is 19.4 Å². The molecule has 164 valence electrons. The molecule has 0 spiro atoms. The highest BCUT2D eigenvalue weighted by Gasteiger charge is 2.47. The van der Waals surface area contributed by atoms with Crippen molar-refractivity contribution in [3.63, 3.8) is 0 Å². The fourth-order valence-electron chi connectivity index (χ4n) is 3.63. The maximum absolute atomic E-state index is 13.2. The molecule has 0 aliphatic carbocycles. The van der Waals surface area contributed by atoms with Crippen LogP contribution in [0.25, 0.3) is 5.76 Å². The fourth-order valence-corrected chi connectivity index (χ4v) is 4.84. The van der Waals surface area contributed by atoms with Gasteiger partial charge in [0.2, 0.25) is 0 Å². The smallest absolute Gasteiger partial charge is 0.300 e.